The number of aromatic carboxylic acids is 1. The molecule has 1 aromatic carbocycles. The molecule has 6 heteroatoms. The summed E-state index contributed by atoms with van der Waals surface area (Å²) in [6.07, 6.45) is 0. The lowest BCUT2D eigenvalue weighted by Gasteiger charge is -2.08. The van der Waals surface area contributed by atoms with Crippen molar-refractivity contribution >= 4 is 28.2 Å². The number of hydrogen-bond acceptors (Lipinski definition) is 4. The molecule has 3 N–H and O–H groups in total. The van der Waals surface area contributed by atoms with Crippen molar-refractivity contribution in [2.45, 2.75) is 13.8 Å². The lowest BCUT2D eigenvalue weighted by molar-refractivity contribution is 0.0698. The monoisotopic (exact) mass is 291 g/mol. The second kappa shape index (κ2) is 5.34. The average Bonchev–Trinajstić information content (AvgIpc) is 2.73. The molecule has 0 aliphatic rings. The van der Waals surface area contributed by atoms with Gasteiger partial charge in [0.25, 0.3) is 5.91 Å². The molecule has 0 aliphatic carbocycles. The largest absolute Gasteiger partial charge is 0.508 e. The number of nitrogens with one attached hydrogen (secondary N) is 1. The van der Waals surface area contributed by atoms with Crippen LogP contribution >= 0.6 is 11.3 Å². The molecule has 1 aromatic heterocycles. The lowest BCUT2D eigenvalue weighted by atomic mass is 10.1. The van der Waals surface area contributed by atoms with E-state index in [1.54, 1.807) is 26.0 Å². The molecule has 0 atom stereocenters. The number of carbonyl (C=O) groups is 2. The van der Waals surface area contributed by atoms with Gasteiger partial charge in [0.05, 0.1) is 5.56 Å². The van der Waals surface area contributed by atoms with Crippen molar-refractivity contribution in [3.8, 4) is 5.75 Å². The number of aromatic hydroxyl groups is 1. The summed E-state index contributed by atoms with van der Waals surface area (Å²) in [5, 5.41) is 21.5. The van der Waals surface area contributed by atoms with Crippen LogP contribution in [0.25, 0.3) is 0 Å². The summed E-state index contributed by atoms with van der Waals surface area (Å²) in [6.45, 7) is 3.40. The minimum atomic E-state index is -1.09. The van der Waals surface area contributed by atoms with Crippen LogP contribution in [0.5, 0.6) is 5.75 Å². The number of carboxylic acid groups (broad SMARTS) is 1. The number of benzene rings is 1. The maximum atomic E-state index is 12.2. The van der Waals surface area contributed by atoms with E-state index in [4.69, 9.17) is 5.11 Å². The van der Waals surface area contributed by atoms with Crippen LogP contribution in [-0.4, -0.2) is 22.1 Å². The molecular formula is C14H13NO4S. The highest BCUT2D eigenvalue weighted by molar-refractivity contribution is 7.16. The van der Waals surface area contributed by atoms with Crippen molar-refractivity contribution in [1.82, 2.24) is 0 Å². The van der Waals surface area contributed by atoms with Gasteiger partial charge in [-0.1, -0.05) is 6.07 Å². The number of carbonyl (C=O) groups excluding carboxylic acids is 1. The fraction of sp³-hybridized carbons (Fsp3) is 0.143. The first-order valence-corrected chi connectivity index (χ1v) is 6.65. The van der Waals surface area contributed by atoms with Gasteiger partial charge in [0.1, 0.15) is 10.8 Å². The van der Waals surface area contributed by atoms with E-state index >= 15 is 0 Å². The van der Waals surface area contributed by atoms with Crippen molar-refractivity contribution in [2.24, 2.45) is 0 Å². The molecule has 2 aromatic rings. The third kappa shape index (κ3) is 2.65. The molecular weight excluding hydrogens is 278 g/mol. The zero-order valence-electron chi connectivity index (χ0n) is 10.9. The van der Waals surface area contributed by atoms with Gasteiger partial charge in [0.15, 0.2) is 0 Å². The van der Waals surface area contributed by atoms with Gasteiger partial charge in [0.2, 0.25) is 0 Å². The molecule has 104 valence electrons. The lowest BCUT2D eigenvalue weighted by Crippen LogP contribution is -2.14. The number of aryl methyl sites for hydroxylation is 1. The average molecular weight is 291 g/mol. The Kier molecular flexibility index (Phi) is 3.76. The van der Waals surface area contributed by atoms with Crippen LogP contribution in [0.3, 0.4) is 0 Å². The Hall–Kier alpha value is -2.34. The van der Waals surface area contributed by atoms with E-state index in [9.17, 15) is 14.7 Å². The quantitative estimate of drug-likeness (QED) is 0.811. The molecule has 0 unspecified atom stereocenters. The third-order valence-corrected chi connectivity index (χ3v) is 3.83. The maximum Gasteiger partial charge on any atom is 0.338 e. The van der Waals surface area contributed by atoms with Gasteiger partial charge >= 0.3 is 5.97 Å². The van der Waals surface area contributed by atoms with E-state index in [0.717, 1.165) is 4.88 Å². The zero-order chi connectivity index (χ0) is 14.9. The van der Waals surface area contributed by atoms with Crippen LogP contribution in [0.4, 0.5) is 5.00 Å². The topological polar surface area (TPSA) is 86.6 Å². The minimum absolute atomic E-state index is 0.0264. The molecule has 0 aliphatic heterocycles. The Balaban J connectivity index is 2.33. The van der Waals surface area contributed by atoms with Crippen molar-refractivity contribution < 1.29 is 19.8 Å². The van der Waals surface area contributed by atoms with E-state index in [2.05, 4.69) is 5.32 Å². The van der Waals surface area contributed by atoms with Crippen molar-refractivity contribution in [1.29, 1.82) is 0 Å². The van der Waals surface area contributed by atoms with Crippen LogP contribution in [0.2, 0.25) is 0 Å². The number of anilines is 1. The number of hydrogen-bond donors (Lipinski definition) is 3. The van der Waals surface area contributed by atoms with Gasteiger partial charge in [-0.3, -0.25) is 4.79 Å². The number of thiophene rings is 1. The molecule has 0 bridgehead atoms. The van der Waals surface area contributed by atoms with Crippen LogP contribution in [0.15, 0.2) is 24.3 Å². The Morgan fingerprint density at radius 2 is 1.90 bits per heavy atom. The Morgan fingerprint density at radius 3 is 2.55 bits per heavy atom. The van der Waals surface area contributed by atoms with Crippen molar-refractivity contribution in [3.05, 3.63) is 45.8 Å². The van der Waals surface area contributed by atoms with Crippen LogP contribution in [-0.2, 0) is 0 Å². The molecule has 0 fully saturated rings. The van der Waals surface area contributed by atoms with E-state index in [0.29, 0.717) is 16.1 Å². The fourth-order valence-electron chi connectivity index (χ4n) is 1.81. The molecule has 0 saturated carbocycles. The maximum absolute atomic E-state index is 12.2. The molecule has 0 radical (unpaired) electrons. The van der Waals surface area contributed by atoms with E-state index in [-0.39, 0.29) is 11.3 Å². The Morgan fingerprint density at radius 1 is 1.20 bits per heavy atom. The predicted octanol–water partition coefficient (Wildman–Crippen LogP) is 3.02. The van der Waals surface area contributed by atoms with Gasteiger partial charge in [0, 0.05) is 16.0 Å². The summed E-state index contributed by atoms with van der Waals surface area (Å²) >= 11 is 1.20. The normalized spacial score (nSPS) is 10.3. The number of phenols is 1. The van der Waals surface area contributed by atoms with Gasteiger partial charge in [-0.15, -0.1) is 11.3 Å². The first-order chi connectivity index (χ1) is 9.40. The Labute approximate surface area is 119 Å². The smallest absolute Gasteiger partial charge is 0.338 e. The minimum Gasteiger partial charge on any atom is -0.508 e. The van der Waals surface area contributed by atoms with Crippen molar-refractivity contribution in [3.63, 3.8) is 0 Å². The summed E-state index contributed by atoms with van der Waals surface area (Å²) in [5.41, 5.74) is 0.834. The summed E-state index contributed by atoms with van der Waals surface area (Å²) < 4.78 is 0. The van der Waals surface area contributed by atoms with Gasteiger partial charge < -0.3 is 15.5 Å². The highest BCUT2D eigenvalue weighted by Gasteiger charge is 2.18. The second-order valence-electron chi connectivity index (χ2n) is 4.31. The van der Waals surface area contributed by atoms with Crippen LogP contribution in [0.1, 0.15) is 31.2 Å². The van der Waals surface area contributed by atoms with Gasteiger partial charge in [-0.25, -0.2) is 4.79 Å². The zero-order valence-corrected chi connectivity index (χ0v) is 11.7. The van der Waals surface area contributed by atoms with Crippen LogP contribution in [0, 0.1) is 13.8 Å². The van der Waals surface area contributed by atoms with E-state index in [1.807, 2.05) is 0 Å². The SMILES string of the molecule is Cc1cc(C(=O)O)c(NC(=O)c2cccc(O)c2C)s1. The van der Waals surface area contributed by atoms with E-state index < -0.39 is 11.9 Å². The molecule has 1 heterocycles. The summed E-state index contributed by atoms with van der Waals surface area (Å²) in [6, 6.07) is 6.14. The summed E-state index contributed by atoms with van der Waals surface area (Å²) in [4.78, 5) is 24.0. The van der Waals surface area contributed by atoms with E-state index in [1.165, 1.54) is 23.5 Å². The third-order valence-electron chi connectivity index (χ3n) is 2.86. The molecule has 1 amide bonds. The molecule has 2 rings (SSSR count). The first kappa shape index (κ1) is 14.1. The second-order valence-corrected chi connectivity index (χ2v) is 5.57. The summed E-state index contributed by atoms with van der Waals surface area (Å²) in [7, 11) is 0. The predicted molar refractivity (Wildman–Crippen MR) is 76.8 cm³/mol. The molecule has 0 saturated heterocycles. The molecule has 5 nitrogen and oxygen atoms in total. The number of carboxylic acids is 1. The Bertz CT molecular complexity index is 690. The van der Waals surface area contributed by atoms with Gasteiger partial charge in [-0.2, -0.15) is 0 Å². The highest BCUT2D eigenvalue weighted by Crippen LogP contribution is 2.29. The standard InChI is InChI=1S/C14H13NO4S/c1-7-6-10(14(18)19)13(20-7)15-12(17)9-4-3-5-11(16)8(9)2/h3-6,16H,1-2H3,(H,15,17)(H,18,19). The first-order valence-electron chi connectivity index (χ1n) is 5.84. The fourth-order valence-corrected chi connectivity index (χ4v) is 2.70. The number of phenolic OH excluding ortho intramolecular Hbond substituents is 1. The number of rotatable bonds is 3. The highest BCUT2D eigenvalue weighted by atomic mass is 32.1. The molecule has 0 spiro atoms. The van der Waals surface area contributed by atoms with Crippen molar-refractivity contribution in [2.75, 3.05) is 5.32 Å². The number of amides is 1. The van der Waals surface area contributed by atoms with Gasteiger partial charge in [-0.05, 0) is 32.0 Å². The summed E-state index contributed by atoms with van der Waals surface area (Å²) in [5.74, 6) is -1.50. The molecule has 20 heavy (non-hydrogen) atoms. The van der Waals surface area contributed by atoms with Crippen LogP contribution < -0.4 is 5.32 Å².